The molecule has 0 spiro atoms. The van der Waals surface area contributed by atoms with Crippen LogP contribution in [-0.2, 0) is 11.2 Å². The summed E-state index contributed by atoms with van der Waals surface area (Å²) in [5.74, 6) is 1.60. The highest BCUT2D eigenvalue weighted by atomic mass is 16.7. The molecule has 1 heterocycles. The van der Waals surface area contributed by atoms with E-state index in [1.165, 1.54) is 0 Å². The van der Waals surface area contributed by atoms with Crippen LogP contribution in [0.3, 0.4) is 0 Å². The first-order chi connectivity index (χ1) is 9.69. The molecule has 0 fully saturated rings. The minimum atomic E-state index is -0.327. The van der Waals surface area contributed by atoms with E-state index in [0.29, 0.717) is 13.2 Å². The molecule has 0 amide bonds. The van der Waals surface area contributed by atoms with Crippen molar-refractivity contribution in [1.82, 2.24) is 0 Å². The molecule has 2 rings (SSSR count). The summed E-state index contributed by atoms with van der Waals surface area (Å²) >= 11 is 0. The molecule has 4 heteroatoms. The van der Waals surface area contributed by atoms with E-state index in [4.69, 9.17) is 14.2 Å². The average molecular weight is 280 g/mol. The lowest BCUT2D eigenvalue weighted by Gasteiger charge is -2.17. The van der Waals surface area contributed by atoms with Crippen LogP contribution in [0.4, 0.5) is 0 Å². The lowest BCUT2D eigenvalue weighted by Crippen LogP contribution is -2.19. The number of aliphatic hydroxyl groups is 1. The number of ether oxygens (including phenoxy) is 3. The van der Waals surface area contributed by atoms with Crippen LogP contribution in [0.1, 0.15) is 38.7 Å². The van der Waals surface area contributed by atoms with Crippen LogP contribution in [0, 0.1) is 0 Å². The largest absolute Gasteiger partial charge is 0.454 e. The zero-order chi connectivity index (χ0) is 14.4. The van der Waals surface area contributed by atoms with Crippen LogP contribution in [-0.4, -0.2) is 30.7 Å². The molecule has 0 saturated carbocycles. The van der Waals surface area contributed by atoms with Crippen LogP contribution in [0.15, 0.2) is 18.2 Å². The van der Waals surface area contributed by atoms with Crippen molar-refractivity contribution in [2.75, 3.05) is 13.4 Å². The summed E-state index contributed by atoms with van der Waals surface area (Å²) in [6.07, 6.45) is 3.05. The number of hydrogen-bond donors (Lipinski definition) is 1. The summed E-state index contributed by atoms with van der Waals surface area (Å²) < 4.78 is 16.2. The fourth-order valence-electron chi connectivity index (χ4n) is 2.32. The molecule has 0 bridgehead atoms. The van der Waals surface area contributed by atoms with Crippen LogP contribution >= 0.6 is 0 Å². The van der Waals surface area contributed by atoms with Crippen LogP contribution in [0.25, 0.3) is 0 Å². The van der Waals surface area contributed by atoms with E-state index in [2.05, 4.69) is 6.92 Å². The minimum Gasteiger partial charge on any atom is -0.454 e. The Morgan fingerprint density at radius 2 is 2.10 bits per heavy atom. The van der Waals surface area contributed by atoms with E-state index < -0.39 is 0 Å². The van der Waals surface area contributed by atoms with Gasteiger partial charge in [0.1, 0.15) is 0 Å². The molecule has 0 aliphatic carbocycles. The van der Waals surface area contributed by atoms with Gasteiger partial charge in [0.25, 0.3) is 0 Å². The van der Waals surface area contributed by atoms with Gasteiger partial charge in [-0.25, -0.2) is 0 Å². The third kappa shape index (κ3) is 4.39. The first-order valence-corrected chi connectivity index (χ1v) is 7.37. The molecule has 0 aromatic heterocycles. The molecule has 0 saturated heterocycles. The van der Waals surface area contributed by atoms with Crippen molar-refractivity contribution < 1.29 is 19.3 Å². The zero-order valence-electron chi connectivity index (χ0n) is 12.3. The summed E-state index contributed by atoms with van der Waals surface area (Å²) in [4.78, 5) is 0. The summed E-state index contributed by atoms with van der Waals surface area (Å²) in [5, 5.41) is 10.0. The maximum atomic E-state index is 10.0. The Hall–Kier alpha value is -1.26. The number of aryl methyl sites for hydroxylation is 1. The number of aliphatic hydroxyl groups excluding tert-OH is 1. The second-order valence-corrected chi connectivity index (χ2v) is 5.30. The van der Waals surface area contributed by atoms with Crippen molar-refractivity contribution in [3.63, 3.8) is 0 Å². The summed E-state index contributed by atoms with van der Waals surface area (Å²) in [5.41, 5.74) is 1.16. The fourth-order valence-corrected chi connectivity index (χ4v) is 2.32. The quantitative estimate of drug-likeness (QED) is 0.795. The van der Waals surface area contributed by atoms with Gasteiger partial charge in [-0.3, -0.25) is 0 Å². The normalized spacial score (nSPS) is 16.1. The molecule has 1 aromatic carbocycles. The van der Waals surface area contributed by atoms with E-state index in [1.807, 2.05) is 25.1 Å². The standard InChI is InChI=1S/C16H24O4/c1-3-8-18-12(2)9-14(17)6-4-13-5-7-15-16(10-13)20-11-19-15/h5,7,10,12,14,17H,3-4,6,8-9,11H2,1-2H3. The Balaban J connectivity index is 1.74. The highest BCUT2D eigenvalue weighted by Crippen LogP contribution is 2.32. The molecule has 1 aliphatic rings. The number of rotatable bonds is 8. The summed E-state index contributed by atoms with van der Waals surface area (Å²) in [6.45, 7) is 5.16. The van der Waals surface area contributed by atoms with Crippen LogP contribution in [0.2, 0.25) is 0 Å². The third-order valence-electron chi connectivity index (χ3n) is 3.41. The predicted molar refractivity (Wildman–Crippen MR) is 77.2 cm³/mol. The van der Waals surface area contributed by atoms with Crippen LogP contribution in [0.5, 0.6) is 11.5 Å². The minimum absolute atomic E-state index is 0.113. The summed E-state index contributed by atoms with van der Waals surface area (Å²) in [6, 6.07) is 5.94. The van der Waals surface area contributed by atoms with E-state index >= 15 is 0 Å². The average Bonchev–Trinajstić information content (AvgIpc) is 2.90. The number of fused-ring (bicyclic) bond motifs is 1. The predicted octanol–water partition coefficient (Wildman–Crippen LogP) is 2.91. The third-order valence-corrected chi connectivity index (χ3v) is 3.41. The van der Waals surface area contributed by atoms with Gasteiger partial charge in [-0.15, -0.1) is 0 Å². The first-order valence-electron chi connectivity index (χ1n) is 7.37. The molecule has 0 radical (unpaired) electrons. The van der Waals surface area contributed by atoms with Crippen LogP contribution < -0.4 is 9.47 Å². The van der Waals surface area contributed by atoms with E-state index in [1.54, 1.807) is 0 Å². The monoisotopic (exact) mass is 280 g/mol. The zero-order valence-corrected chi connectivity index (χ0v) is 12.3. The first kappa shape index (κ1) is 15.1. The molecule has 2 unspecified atom stereocenters. The SMILES string of the molecule is CCCOC(C)CC(O)CCc1ccc2c(c1)OCO2. The van der Waals surface area contributed by atoms with Gasteiger partial charge in [-0.05, 0) is 50.3 Å². The van der Waals surface area contributed by atoms with Gasteiger partial charge in [0, 0.05) is 6.61 Å². The Morgan fingerprint density at radius 3 is 2.90 bits per heavy atom. The molecule has 112 valence electrons. The van der Waals surface area contributed by atoms with Crippen molar-refractivity contribution in [2.24, 2.45) is 0 Å². The molecule has 20 heavy (non-hydrogen) atoms. The Labute approximate surface area is 120 Å². The lowest BCUT2D eigenvalue weighted by molar-refractivity contribution is 0.0227. The smallest absolute Gasteiger partial charge is 0.231 e. The topological polar surface area (TPSA) is 47.9 Å². The van der Waals surface area contributed by atoms with Crippen molar-refractivity contribution >= 4 is 0 Å². The maximum Gasteiger partial charge on any atom is 0.231 e. The maximum absolute atomic E-state index is 10.0. The van der Waals surface area contributed by atoms with E-state index in [9.17, 15) is 5.11 Å². The summed E-state index contributed by atoms with van der Waals surface area (Å²) in [7, 11) is 0. The van der Waals surface area contributed by atoms with E-state index in [-0.39, 0.29) is 12.2 Å². The van der Waals surface area contributed by atoms with Crippen molar-refractivity contribution in [3.05, 3.63) is 23.8 Å². The van der Waals surface area contributed by atoms with Gasteiger partial charge in [-0.1, -0.05) is 13.0 Å². The molecule has 1 aromatic rings. The highest BCUT2D eigenvalue weighted by Gasteiger charge is 2.14. The van der Waals surface area contributed by atoms with Crippen molar-refractivity contribution in [2.45, 2.75) is 51.7 Å². The Morgan fingerprint density at radius 1 is 1.30 bits per heavy atom. The number of hydrogen-bond acceptors (Lipinski definition) is 4. The van der Waals surface area contributed by atoms with Gasteiger partial charge >= 0.3 is 0 Å². The second-order valence-electron chi connectivity index (χ2n) is 5.30. The van der Waals surface area contributed by atoms with Gasteiger partial charge in [0.2, 0.25) is 6.79 Å². The van der Waals surface area contributed by atoms with Gasteiger partial charge < -0.3 is 19.3 Å². The lowest BCUT2D eigenvalue weighted by atomic mass is 10.0. The number of benzene rings is 1. The van der Waals surface area contributed by atoms with Crippen molar-refractivity contribution in [3.8, 4) is 11.5 Å². The van der Waals surface area contributed by atoms with E-state index in [0.717, 1.165) is 42.9 Å². The van der Waals surface area contributed by atoms with Gasteiger partial charge in [-0.2, -0.15) is 0 Å². The van der Waals surface area contributed by atoms with Crippen molar-refractivity contribution in [1.29, 1.82) is 0 Å². The fraction of sp³-hybridized carbons (Fsp3) is 0.625. The molecular weight excluding hydrogens is 256 g/mol. The second kappa shape index (κ2) is 7.50. The Bertz CT molecular complexity index is 419. The van der Waals surface area contributed by atoms with Gasteiger partial charge in [0.05, 0.1) is 12.2 Å². The molecular formula is C16H24O4. The molecule has 1 N–H and O–H groups in total. The molecule has 4 nitrogen and oxygen atoms in total. The van der Waals surface area contributed by atoms with Gasteiger partial charge in [0.15, 0.2) is 11.5 Å². The molecule has 2 atom stereocenters. The molecule has 1 aliphatic heterocycles. The Kier molecular flexibility index (Phi) is 5.68. The highest BCUT2D eigenvalue weighted by molar-refractivity contribution is 5.44.